The summed E-state index contributed by atoms with van der Waals surface area (Å²) in [6.45, 7) is 0. The maximum absolute atomic E-state index is 12.4. The van der Waals surface area contributed by atoms with E-state index in [4.69, 9.17) is 23.8 Å². The molecular weight excluding hydrogens is 346 g/mol. The van der Waals surface area contributed by atoms with E-state index in [1.54, 1.807) is 30.3 Å². The second-order valence-electron chi connectivity index (χ2n) is 4.62. The number of thioether (sulfide) groups is 1. The van der Waals surface area contributed by atoms with E-state index in [9.17, 15) is 14.4 Å². The van der Waals surface area contributed by atoms with Crippen LogP contribution in [0.1, 0.15) is 12.0 Å². The molecule has 2 saturated heterocycles. The first kappa shape index (κ1) is 15.2. The molecule has 112 valence electrons. The number of carbonyl (C=O) groups is 3. The highest BCUT2D eigenvalue weighted by Crippen LogP contribution is 2.36. The molecule has 1 aromatic carbocycles. The molecule has 3 rings (SSSR count). The minimum absolute atomic E-state index is 0.167. The maximum Gasteiger partial charge on any atom is 0.337 e. The van der Waals surface area contributed by atoms with Crippen molar-refractivity contribution in [1.29, 1.82) is 0 Å². The number of amides is 1. The predicted octanol–water partition coefficient (Wildman–Crippen LogP) is 2.38. The van der Waals surface area contributed by atoms with Gasteiger partial charge in [0.25, 0.3) is 5.91 Å². The number of benzene rings is 1. The highest BCUT2D eigenvalue weighted by atomic mass is 35.5. The summed E-state index contributed by atoms with van der Waals surface area (Å²) in [5.74, 6) is -1.79. The lowest BCUT2D eigenvalue weighted by atomic mass is 10.2. The summed E-state index contributed by atoms with van der Waals surface area (Å²) in [6.07, 6.45) is 1.50. The highest BCUT2D eigenvalue weighted by molar-refractivity contribution is 8.26. The van der Waals surface area contributed by atoms with Gasteiger partial charge in [0.2, 0.25) is 0 Å². The van der Waals surface area contributed by atoms with E-state index in [-0.39, 0.29) is 10.7 Å². The second-order valence-corrected chi connectivity index (χ2v) is 6.73. The topological polar surface area (TPSA) is 63.7 Å². The number of hydrogen-bond acceptors (Lipinski definition) is 6. The van der Waals surface area contributed by atoms with Crippen molar-refractivity contribution in [3.05, 3.63) is 39.8 Å². The van der Waals surface area contributed by atoms with Crippen LogP contribution in [0.25, 0.3) is 6.08 Å². The third-order valence-electron chi connectivity index (χ3n) is 3.15. The van der Waals surface area contributed by atoms with Crippen LogP contribution in [0.15, 0.2) is 29.2 Å². The van der Waals surface area contributed by atoms with E-state index >= 15 is 0 Å². The average molecular weight is 354 g/mol. The van der Waals surface area contributed by atoms with Crippen LogP contribution in [-0.4, -0.2) is 33.1 Å². The first-order valence-corrected chi connectivity index (χ1v) is 7.83. The van der Waals surface area contributed by atoms with Crippen LogP contribution in [-0.2, 0) is 19.1 Å². The summed E-state index contributed by atoms with van der Waals surface area (Å²) in [5, 5.41) is 0.594. The van der Waals surface area contributed by atoms with Gasteiger partial charge < -0.3 is 4.74 Å². The van der Waals surface area contributed by atoms with Gasteiger partial charge in [0.15, 0.2) is 0 Å². The van der Waals surface area contributed by atoms with Crippen molar-refractivity contribution in [3.63, 3.8) is 0 Å². The molecule has 0 aromatic heterocycles. The maximum atomic E-state index is 12.4. The molecule has 1 amide bonds. The van der Waals surface area contributed by atoms with Gasteiger partial charge in [-0.25, -0.2) is 4.79 Å². The number of ether oxygens (including phenoxy) is 1. The molecule has 1 unspecified atom stereocenters. The lowest BCUT2D eigenvalue weighted by molar-refractivity contribution is -0.153. The fourth-order valence-electron chi connectivity index (χ4n) is 2.12. The molecule has 2 aliphatic rings. The van der Waals surface area contributed by atoms with E-state index in [2.05, 4.69) is 4.74 Å². The first-order chi connectivity index (χ1) is 10.5. The Morgan fingerprint density at radius 3 is 2.55 bits per heavy atom. The molecule has 5 nitrogen and oxygen atoms in total. The number of carbonyl (C=O) groups excluding carboxylic acids is 3. The smallest absolute Gasteiger partial charge is 0.337 e. The van der Waals surface area contributed by atoms with E-state index in [0.717, 1.165) is 22.2 Å². The zero-order chi connectivity index (χ0) is 15.9. The highest BCUT2D eigenvalue weighted by Gasteiger charge is 2.46. The van der Waals surface area contributed by atoms with Gasteiger partial charge >= 0.3 is 11.9 Å². The Kier molecular flexibility index (Phi) is 4.03. The third kappa shape index (κ3) is 2.79. The normalized spacial score (nSPS) is 23.6. The van der Waals surface area contributed by atoms with Crippen molar-refractivity contribution in [2.24, 2.45) is 0 Å². The standard InChI is InChI=1S/C14H8ClNO4S2/c15-8-3-1-7(2-4-8)5-10-12(18)16(14(21)22-10)9-6-11(17)20-13(9)19/h1-5,9H,6H2/b10-5-. The second kappa shape index (κ2) is 5.83. The van der Waals surface area contributed by atoms with Crippen LogP contribution < -0.4 is 0 Å². The fraction of sp³-hybridized carbons (Fsp3) is 0.143. The number of thiocarbonyl (C=S) groups is 1. The van der Waals surface area contributed by atoms with Crippen molar-refractivity contribution in [2.45, 2.75) is 12.5 Å². The molecule has 1 aromatic rings. The van der Waals surface area contributed by atoms with E-state index in [1.165, 1.54) is 0 Å². The summed E-state index contributed by atoms with van der Waals surface area (Å²) in [7, 11) is 0. The minimum Gasteiger partial charge on any atom is -0.392 e. The molecule has 2 heterocycles. The van der Waals surface area contributed by atoms with Gasteiger partial charge in [-0.1, -0.05) is 47.7 Å². The Bertz CT molecular complexity index is 729. The molecule has 0 radical (unpaired) electrons. The number of hydrogen-bond donors (Lipinski definition) is 0. The van der Waals surface area contributed by atoms with E-state index in [1.807, 2.05) is 0 Å². The van der Waals surface area contributed by atoms with Gasteiger partial charge in [-0.3, -0.25) is 14.5 Å². The molecular formula is C14H8ClNO4S2. The molecule has 0 N–H and O–H groups in total. The quantitative estimate of drug-likeness (QED) is 0.352. The van der Waals surface area contributed by atoms with Crippen molar-refractivity contribution < 1.29 is 19.1 Å². The van der Waals surface area contributed by atoms with Gasteiger partial charge in [0, 0.05) is 5.02 Å². The minimum atomic E-state index is -0.962. The zero-order valence-corrected chi connectivity index (χ0v) is 13.3. The fourth-order valence-corrected chi connectivity index (χ4v) is 3.60. The van der Waals surface area contributed by atoms with Gasteiger partial charge in [-0.2, -0.15) is 0 Å². The van der Waals surface area contributed by atoms with Crippen LogP contribution in [0.4, 0.5) is 0 Å². The van der Waals surface area contributed by atoms with Crippen LogP contribution >= 0.6 is 35.6 Å². The summed E-state index contributed by atoms with van der Waals surface area (Å²) in [4.78, 5) is 36.8. The third-order valence-corrected chi connectivity index (χ3v) is 4.73. The largest absolute Gasteiger partial charge is 0.392 e. The molecule has 0 spiro atoms. The summed E-state index contributed by atoms with van der Waals surface area (Å²) in [5.41, 5.74) is 0.787. The van der Waals surface area contributed by atoms with Gasteiger partial charge in [0.1, 0.15) is 10.4 Å². The summed E-state index contributed by atoms with van der Waals surface area (Å²) < 4.78 is 4.71. The molecule has 0 saturated carbocycles. The lowest BCUT2D eigenvalue weighted by Crippen LogP contribution is -2.41. The van der Waals surface area contributed by atoms with Gasteiger partial charge in [-0.15, -0.1) is 0 Å². The summed E-state index contributed by atoms with van der Waals surface area (Å²) in [6, 6.07) is 5.99. The number of nitrogens with zero attached hydrogens (tertiary/aromatic N) is 1. The summed E-state index contributed by atoms with van der Waals surface area (Å²) >= 11 is 12.0. The Hall–Kier alpha value is -1.70. The monoisotopic (exact) mass is 353 g/mol. The van der Waals surface area contributed by atoms with Crippen LogP contribution in [0.5, 0.6) is 0 Å². The number of halogens is 1. The van der Waals surface area contributed by atoms with Crippen LogP contribution in [0.2, 0.25) is 5.02 Å². The van der Waals surface area contributed by atoms with E-state index in [0.29, 0.717) is 9.93 Å². The first-order valence-electron chi connectivity index (χ1n) is 6.23. The Morgan fingerprint density at radius 1 is 1.27 bits per heavy atom. The van der Waals surface area contributed by atoms with Crippen LogP contribution in [0.3, 0.4) is 0 Å². The number of rotatable bonds is 2. The SMILES string of the molecule is O=C1CC(N2C(=O)/C(=C/c3ccc(Cl)cc3)SC2=S)C(=O)O1. The molecule has 0 aliphatic carbocycles. The average Bonchev–Trinajstić information content (AvgIpc) is 2.92. The molecule has 22 heavy (non-hydrogen) atoms. The zero-order valence-electron chi connectivity index (χ0n) is 10.9. The molecule has 0 bridgehead atoms. The predicted molar refractivity (Wildman–Crippen MR) is 86.0 cm³/mol. The number of esters is 2. The van der Waals surface area contributed by atoms with Crippen LogP contribution in [0, 0.1) is 0 Å². The van der Waals surface area contributed by atoms with Crippen molar-refractivity contribution in [3.8, 4) is 0 Å². The van der Waals surface area contributed by atoms with Gasteiger partial charge in [0.05, 0.1) is 11.3 Å². The van der Waals surface area contributed by atoms with Crippen molar-refractivity contribution in [2.75, 3.05) is 0 Å². The Labute approximate surface area is 140 Å². The Balaban J connectivity index is 1.87. The van der Waals surface area contributed by atoms with E-state index < -0.39 is 23.9 Å². The Morgan fingerprint density at radius 2 is 1.95 bits per heavy atom. The lowest BCUT2D eigenvalue weighted by Gasteiger charge is -2.17. The van der Waals surface area contributed by atoms with Gasteiger partial charge in [-0.05, 0) is 23.8 Å². The molecule has 8 heteroatoms. The number of cyclic esters (lactones) is 2. The van der Waals surface area contributed by atoms with Crippen molar-refractivity contribution in [1.82, 2.24) is 4.90 Å². The molecule has 2 aliphatic heterocycles. The van der Waals surface area contributed by atoms with Crippen molar-refractivity contribution >= 4 is 63.8 Å². The molecule has 2 fully saturated rings. The molecule has 1 atom stereocenters.